The summed E-state index contributed by atoms with van der Waals surface area (Å²) in [7, 11) is 0. The van der Waals surface area contributed by atoms with Crippen LogP contribution >= 0.6 is 0 Å². The Morgan fingerprint density at radius 1 is 0.562 bits per heavy atom. The quantitative estimate of drug-likeness (QED) is 0.0149. The SMILES string of the molecule is CC/C=C\C/C=C\C/C=C\C/C=C\C/C=C\C/C=C\CC(O)C(=O)NC(COC1OC(CO)C(O)C(O)C1OC(=O)CCCCCCCCC/C=C/C=C/C=C/CC)C(O)/C=C/CCCCCCCCCCC. The lowest BCUT2D eigenvalue weighted by molar-refractivity contribution is -0.305. The van der Waals surface area contributed by atoms with Gasteiger partial charge in [-0.3, -0.25) is 9.59 Å². The molecular formula is C62H101NO10. The van der Waals surface area contributed by atoms with E-state index in [1.807, 2.05) is 30.4 Å². The summed E-state index contributed by atoms with van der Waals surface area (Å²) in [5, 5.41) is 56.6. The highest BCUT2D eigenvalue weighted by Crippen LogP contribution is 2.26. The first-order chi connectivity index (χ1) is 35.7. The zero-order valence-electron chi connectivity index (χ0n) is 45.4. The van der Waals surface area contributed by atoms with E-state index in [1.54, 1.807) is 12.2 Å². The average molecular weight is 1020 g/mol. The summed E-state index contributed by atoms with van der Waals surface area (Å²) < 4.78 is 17.5. The van der Waals surface area contributed by atoms with E-state index in [-0.39, 0.29) is 19.4 Å². The van der Waals surface area contributed by atoms with Crippen LogP contribution in [0.3, 0.4) is 0 Å². The average Bonchev–Trinajstić information content (AvgIpc) is 3.39. The van der Waals surface area contributed by atoms with Crippen LogP contribution in [-0.4, -0.2) is 99.6 Å². The number of hydrogen-bond donors (Lipinski definition) is 6. The van der Waals surface area contributed by atoms with Crippen molar-refractivity contribution >= 4 is 11.9 Å². The lowest BCUT2D eigenvalue weighted by atomic mass is 9.99. The van der Waals surface area contributed by atoms with E-state index < -0.39 is 67.4 Å². The number of rotatable bonds is 45. The number of carbonyl (C=O) groups excluding carboxylic acids is 2. The number of hydrogen-bond acceptors (Lipinski definition) is 10. The highest BCUT2D eigenvalue weighted by atomic mass is 16.7. The number of ether oxygens (including phenoxy) is 3. The molecular weight excluding hydrogens is 919 g/mol. The smallest absolute Gasteiger partial charge is 0.306 e. The molecule has 8 atom stereocenters. The van der Waals surface area contributed by atoms with Crippen molar-refractivity contribution in [2.45, 2.75) is 243 Å². The van der Waals surface area contributed by atoms with Crippen LogP contribution in [-0.2, 0) is 23.8 Å². The molecule has 0 aromatic rings. The molecule has 0 aromatic heterocycles. The van der Waals surface area contributed by atoms with Crippen LogP contribution < -0.4 is 5.32 Å². The molecule has 0 radical (unpaired) electrons. The van der Waals surface area contributed by atoms with Crippen molar-refractivity contribution in [2.24, 2.45) is 0 Å². The number of allylic oxidation sites excluding steroid dienone is 18. The maximum atomic E-state index is 13.3. The third kappa shape index (κ3) is 37.4. The number of unbranched alkanes of at least 4 members (excludes halogenated alkanes) is 16. The molecule has 6 N–H and O–H groups in total. The van der Waals surface area contributed by atoms with Crippen LogP contribution in [0.4, 0.5) is 0 Å². The summed E-state index contributed by atoms with van der Waals surface area (Å²) in [6.07, 6.45) is 56.9. The van der Waals surface area contributed by atoms with Gasteiger partial charge in [-0.15, -0.1) is 0 Å². The van der Waals surface area contributed by atoms with Gasteiger partial charge in [0.05, 0.1) is 25.4 Å². The molecule has 1 aliphatic rings. The Morgan fingerprint density at radius 3 is 1.58 bits per heavy atom. The van der Waals surface area contributed by atoms with E-state index in [0.29, 0.717) is 12.8 Å². The maximum Gasteiger partial charge on any atom is 0.306 e. The number of esters is 1. The standard InChI is InChI=1S/C62H101NO10/c1-4-7-10-13-16-19-22-24-26-27-28-30-31-34-37-40-43-46-49-55(66)61(70)63-53(54(65)48-45-42-39-36-33-21-18-15-12-9-6-3)52-71-62-60(59(69)58(68)56(51-64)72-62)73-57(67)50-47-44-41-38-35-32-29-25-23-20-17-14-11-8-5-2/h7-8,10-11,14,16-17,19-20,23-24,26,28,30,34,37,43,45-46,48,53-56,58-60,62,64-66,68-69H,4-6,9,12-13,15,18,21-22,25,27,29,31-33,35-36,38-42,44,47,49-52H2,1-3H3,(H,63,70)/b10-7-,11-8+,17-14+,19-16-,23-20+,26-24-,30-28-,37-34-,46-43-,48-45+. The lowest BCUT2D eigenvalue weighted by Gasteiger charge is -2.41. The molecule has 0 bridgehead atoms. The van der Waals surface area contributed by atoms with E-state index in [2.05, 4.69) is 105 Å². The number of aliphatic hydroxyl groups excluding tert-OH is 5. The minimum absolute atomic E-state index is 0.0501. The summed E-state index contributed by atoms with van der Waals surface area (Å²) in [6.45, 7) is 5.45. The molecule has 11 heteroatoms. The lowest BCUT2D eigenvalue weighted by Crippen LogP contribution is -2.61. The third-order valence-corrected chi connectivity index (χ3v) is 12.4. The summed E-state index contributed by atoms with van der Waals surface area (Å²) in [6, 6.07) is -1.07. The van der Waals surface area contributed by atoms with E-state index in [4.69, 9.17) is 14.2 Å². The summed E-state index contributed by atoms with van der Waals surface area (Å²) in [4.78, 5) is 26.4. The van der Waals surface area contributed by atoms with Gasteiger partial charge in [-0.1, -0.05) is 226 Å². The van der Waals surface area contributed by atoms with Crippen LogP contribution in [0.25, 0.3) is 0 Å². The Morgan fingerprint density at radius 2 is 1.04 bits per heavy atom. The van der Waals surface area contributed by atoms with Crippen molar-refractivity contribution in [3.63, 3.8) is 0 Å². The van der Waals surface area contributed by atoms with Gasteiger partial charge in [-0.25, -0.2) is 0 Å². The van der Waals surface area contributed by atoms with Crippen molar-refractivity contribution in [1.82, 2.24) is 5.32 Å². The summed E-state index contributed by atoms with van der Waals surface area (Å²) in [5.74, 6) is -1.31. The van der Waals surface area contributed by atoms with Crippen LogP contribution in [0.5, 0.6) is 0 Å². The predicted molar refractivity (Wildman–Crippen MR) is 301 cm³/mol. The number of carbonyl (C=O) groups is 2. The Hall–Kier alpha value is -3.94. The molecule has 414 valence electrons. The van der Waals surface area contributed by atoms with Crippen molar-refractivity contribution in [2.75, 3.05) is 13.2 Å². The fourth-order valence-electron chi connectivity index (χ4n) is 7.96. The largest absolute Gasteiger partial charge is 0.454 e. The first-order valence-corrected chi connectivity index (χ1v) is 28.3. The third-order valence-electron chi connectivity index (χ3n) is 12.4. The molecule has 11 nitrogen and oxygen atoms in total. The van der Waals surface area contributed by atoms with Crippen LogP contribution in [0.1, 0.15) is 194 Å². The first-order valence-electron chi connectivity index (χ1n) is 28.3. The molecule has 1 aliphatic heterocycles. The Kier molecular flexibility index (Phi) is 45.0. The monoisotopic (exact) mass is 1020 g/mol. The molecule has 1 amide bonds. The molecule has 8 unspecified atom stereocenters. The van der Waals surface area contributed by atoms with Gasteiger partial charge in [0.25, 0.3) is 0 Å². The highest BCUT2D eigenvalue weighted by Gasteiger charge is 2.47. The minimum atomic E-state index is -1.64. The van der Waals surface area contributed by atoms with Crippen molar-refractivity contribution in [3.8, 4) is 0 Å². The predicted octanol–water partition coefficient (Wildman–Crippen LogP) is 12.7. The molecule has 73 heavy (non-hydrogen) atoms. The van der Waals surface area contributed by atoms with Gasteiger partial charge < -0.3 is 45.1 Å². The van der Waals surface area contributed by atoms with Gasteiger partial charge >= 0.3 is 5.97 Å². The second kappa shape index (κ2) is 49.0. The molecule has 1 fully saturated rings. The Bertz CT molecular complexity index is 1640. The molecule has 0 saturated carbocycles. The van der Waals surface area contributed by atoms with Crippen molar-refractivity contribution in [1.29, 1.82) is 0 Å². The van der Waals surface area contributed by atoms with E-state index >= 15 is 0 Å². The number of nitrogens with one attached hydrogen (secondary N) is 1. The second-order valence-corrected chi connectivity index (χ2v) is 19.0. The first kappa shape index (κ1) is 67.1. The van der Waals surface area contributed by atoms with Gasteiger partial charge in [0.1, 0.15) is 24.4 Å². The minimum Gasteiger partial charge on any atom is -0.454 e. The second-order valence-electron chi connectivity index (χ2n) is 19.0. The summed E-state index contributed by atoms with van der Waals surface area (Å²) >= 11 is 0. The molecule has 1 rings (SSSR count). The summed E-state index contributed by atoms with van der Waals surface area (Å²) in [5.41, 5.74) is 0. The van der Waals surface area contributed by atoms with Crippen LogP contribution in [0, 0.1) is 0 Å². The van der Waals surface area contributed by atoms with Crippen molar-refractivity contribution < 1.29 is 49.3 Å². The van der Waals surface area contributed by atoms with E-state index in [1.165, 1.54) is 38.5 Å². The van der Waals surface area contributed by atoms with Gasteiger partial charge in [0.2, 0.25) is 5.91 Å². The normalized spacial score (nSPS) is 20.4. The van der Waals surface area contributed by atoms with Gasteiger partial charge in [-0.05, 0) is 77.0 Å². The Labute approximate surface area is 442 Å². The van der Waals surface area contributed by atoms with Crippen LogP contribution in [0.15, 0.2) is 122 Å². The molecule has 0 aromatic carbocycles. The zero-order chi connectivity index (χ0) is 53.3. The number of aliphatic hydroxyl groups is 5. The topological polar surface area (TPSA) is 175 Å². The fraction of sp³-hybridized carbons (Fsp3) is 0.645. The maximum absolute atomic E-state index is 13.3. The highest BCUT2D eigenvalue weighted by molar-refractivity contribution is 5.81. The zero-order valence-corrected chi connectivity index (χ0v) is 45.4. The molecule has 1 heterocycles. The number of amides is 1. The van der Waals surface area contributed by atoms with E-state index in [0.717, 1.165) is 109 Å². The molecule has 0 spiro atoms. The van der Waals surface area contributed by atoms with Gasteiger partial charge in [-0.2, -0.15) is 0 Å². The van der Waals surface area contributed by atoms with Crippen LogP contribution in [0.2, 0.25) is 0 Å². The fourth-order valence-corrected chi connectivity index (χ4v) is 7.96. The van der Waals surface area contributed by atoms with E-state index in [9.17, 15) is 35.1 Å². The van der Waals surface area contributed by atoms with Crippen molar-refractivity contribution in [3.05, 3.63) is 122 Å². The van der Waals surface area contributed by atoms with Gasteiger partial charge in [0.15, 0.2) is 12.4 Å². The Balaban J connectivity index is 2.79. The molecule has 0 aliphatic carbocycles. The van der Waals surface area contributed by atoms with Gasteiger partial charge in [0, 0.05) is 12.8 Å². The molecule has 1 saturated heterocycles.